The van der Waals surface area contributed by atoms with E-state index < -0.39 is 23.0 Å². The fourth-order valence-electron chi connectivity index (χ4n) is 2.21. The smallest absolute Gasteiger partial charge is 0.198 e. The average Bonchev–Trinajstić information content (AvgIpc) is 2.90. The Bertz CT molecular complexity index is 713. The number of carbonyl (C=O) groups is 1. The molecule has 0 aromatic heterocycles. The molecular weight excluding hydrogens is 330 g/mol. The third kappa shape index (κ3) is 2.12. The Morgan fingerprint density at radius 3 is 2.80 bits per heavy atom. The van der Waals surface area contributed by atoms with Gasteiger partial charge in [0.2, 0.25) is 0 Å². The molecule has 2 nitrogen and oxygen atoms in total. The fourth-order valence-corrected chi connectivity index (χ4v) is 2.54. The standard InChI is InChI=1S/C15H9BrF2O2/c16-10-2-3-11(17)13(14(10)18)15(19)9-1-4-12-8(7-9)5-6-20-12/h1-4,7H,5-6H2. The molecule has 0 N–H and O–H groups in total. The predicted molar refractivity (Wildman–Crippen MR) is 73.1 cm³/mol. The molecule has 0 fully saturated rings. The van der Waals surface area contributed by atoms with Gasteiger partial charge in [0.1, 0.15) is 11.6 Å². The van der Waals surface area contributed by atoms with Crippen molar-refractivity contribution in [2.45, 2.75) is 6.42 Å². The Kier molecular flexibility index (Phi) is 3.30. The normalized spacial score (nSPS) is 12.9. The van der Waals surface area contributed by atoms with E-state index in [0.717, 1.165) is 17.4 Å². The van der Waals surface area contributed by atoms with Crippen molar-refractivity contribution in [2.24, 2.45) is 0 Å². The lowest BCUT2D eigenvalue weighted by atomic mass is 9.99. The summed E-state index contributed by atoms with van der Waals surface area (Å²) in [6, 6.07) is 7.11. The van der Waals surface area contributed by atoms with Gasteiger partial charge in [-0.2, -0.15) is 0 Å². The predicted octanol–water partition coefficient (Wildman–Crippen LogP) is 3.89. The maximum atomic E-state index is 13.9. The van der Waals surface area contributed by atoms with Gasteiger partial charge in [-0.15, -0.1) is 0 Å². The molecule has 0 radical (unpaired) electrons. The summed E-state index contributed by atoms with van der Waals surface area (Å²) in [5, 5.41) is 0. The second-order valence-corrected chi connectivity index (χ2v) is 5.32. The Hall–Kier alpha value is -1.75. The molecule has 3 rings (SSSR count). The minimum atomic E-state index is -0.883. The van der Waals surface area contributed by atoms with Crippen LogP contribution in [0, 0.1) is 11.6 Å². The molecule has 0 aliphatic carbocycles. The number of ether oxygens (including phenoxy) is 1. The summed E-state index contributed by atoms with van der Waals surface area (Å²) in [6.45, 7) is 0.562. The van der Waals surface area contributed by atoms with Crippen LogP contribution < -0.4 is 4.74 Å². The summed E-state index contributed by atoms with van der Waals surface area (Å²) in [5.41, 5.74) is 0.593. The molecule has 0 amide bonds. The molecule has 1 aliphatic heterocycles. The van der Waals surface area contributed by atoms with Crippen LogP contribution in [0.2, 0.25) is 0 Å². The topological polar surface area (TPSA) is 26.3 Å². The van der Waals surface area contributed by atoms with E-state index in [4.69, 9.17) is 4.74 Å². The zero-order valence-electron chi connectivity index (χ0n) is 10.3. The molecule has 0 saturated heterocycles. The largest absolute Gasteiger partial charge is 0.493 e. The number of carbonyl (C=O) groups excluding carboxylic acids is 1. The first-order valence-electron chi connectivity index (χ1n) is 6.02. The molecule has 1 heterocycles. The first-order valence-corrected chi connectivity index (χ1v) is 6.81. The lowest BCUT2D eigenvalue weighted by Crippen LogP contribution is -2.08. The van der Waals surface area contributed by atoms with Crippen molar-refractivity contribution in [3.63, 3.8) is 0 Å². The number of fused-ring (bicyclic) bond motifs is 1. The number of hydrogen-bond donors (Lipinski definition) is 0. The summed E-state index contributed by atoms with van der Waals surface area (Å²) >= 11 is 2.96. The molecule has 1 aliphatic rings. The molecule has 2 aromatic rings. The van der Waals surface area contributed by atoms with E-state index in [1.165, 1.54) is 12.1 Å². The minimum absolute atomic E-state index is 0.0618. The van der Waals surface area contributed by atoms with Crippen molar-refractivity contribution in [3.8, 4) is 5.75 Å². The fraction of sp³-hybridized carbons (Fsp3) is 0.133. The van der Waals surface area contributed by atoms with Crippen molar-refractivity contribution in [3.05, 3.63) is 63.1 Å². The second-order valence-electron chi connectivity index (χ2n) is 4.47. The summed E-state index contributed by atoms with van der Waals surface area (Å²) in [6.07, 6.45) is 0.694. The second kappa shape index (κ2) is 4.98. The molecule has 102 valence electrons. The molecule has 0 unspecified atom stereocenters. The third-order valence-corrected chi connectivity index (χ3v) is 3.84. The van der Waals surface area contributed by atoms with Gasteiger partial charge < -0.3 is 4.74 Å². The van der Waals surface area contributed by atoms with Crippen molar-refractivity contribution in [1.29, 1.82) is 0 Å². The van der Waals surface area contributed by atoms with Crippen LogP contribution >= 0.6 is 15.9 Å². The van der Waals surface area contributed by atoms with Crippen LogP contribution in [-0.4, -0.2) is 12.4 Å². The minimum Gasteiger partial charge on any atom is -0.493 e. The van der Waals surface area contributed by atoms with Crippen LogP contribution in [0.3, 0.4) is 0 Å². The van der Waals surface area contributed by atoms with Crippen LogP contribution in [-0.2, 0) is 6.42 Å². The Balaban J connectivity index is 2.07. The van der Waals surface area contributed by atoms with Gasteiger partial charge in [-0.25, -0.2) is 8.78 Å². The van der Waals surface area contributed by atoms with Gasteiger partial charge >= 0.3 is 0 Å². The summed E-state index contributed by atoms with van der Waals surface area (Å²) in [7, 11) is 0. The highest BCUT2D eigenvalue weighted by Crippen LogP contribution is 2.29. The van der Waals surface area contributed by atoms with Gasteiger partial charge in [0.05, 0.1) is 16.6 Å². The van der Waals surface area contributed by atoms with Crippen LogP contribution in [0.5, 0.6) is 5.75 Å². The summed E-state index contributed by atoms with van der Waals surface area (Å²) < 4.78 is 33.1. The van der Waals surface area contributed by atoms with E-state index in [9.17, 15) is 13.6 Å². The van der Waals surface area contributed by atoms with Crippen molar-refractivity contribution < 1.29 is 18.3 Å². The molecule has 0 spiro atoms. The van der Waals surface area contributed by atoms with Crippen LogP contribution in [0.4, 0.5) is 8.78 Å². The first kappa shape index (κ1) is 13.2. The van der Waals surface area contributed by atoms with E-state index in [-0.39, 0.29) is 10.0 Å². The third-order valence-electron chi connectivity index (χ3n) is 3.22. The summed E-state index contributed by atoms with van der Waals surface area (Å²) in [5.74, 6) is -1.70. The van der Waals surface area contributed by atoms with E-state index in [1.54, 1.807) is 12.1 Å². The van der Waals surface area contributed by atoms with E-state index in [2.05, 4.69) is 15.9 Å². The molecule has 0 bridgehead atoms. The molecule has 5 heteroatoms. The SMILES string of the molecule is O=C(c1ccc2c(c1)CCO2)c1c(F)ccc(Br)c1F. The van der Waals surface area contributed by atoms with Gasteiger partial charge in [-0.1, -0.05) is 0 Å². The zero-order valence-corrected chi connectivity index (χ0v) is 11.8. The lowest BCUT2D eigenvalue weighted by molar-refractivity contribution is 0.103. The van der Waals surface area contributed by atoms with Crippen molar-refractivity contribution in [2.75, 3.05) is 6.61 Å². The van der Waals surface area contributed by atoms with Crippen molar-refractivity contribution >= 4 is 21.7 Å². The highest BCUT2D eigenvalue weighted by Gasteiger charge is 2.22. The van der Waals surface area contributed by atoms with E-state index >= 15 is 0 Å². The average molecular weight is 339 g/mol. The van der Waals surface area contributed by atoms with Gasteiger partial charge in [0, 0.05) is 12.0 Å². The summed E-state index contributed by atoms with van der Waals surface area (Å²) in [4.78, 5) is 12.3. The zero-order chi connectivity index (χ0) is 14.3. The highest BCUT2D eigenvalue weighted by molar-refractivity contribution is 9.10. The molecular formula is C15H9BrF2O2. The Labute approximate surface area is 122 Å². The molecule has 0 saturated carbocycles. The molecule has 20 heavy (non-hydrogen) atoms. The molecule has 0 atom stereocenters. The quantitative estimate of drug-likeness (QED) is 0.613. The maximum absolute atomic E-state index is 13.9. The maximum Gasteiger partial charge on any atom is 0.198 e. The Morgan fingerprint density at radius 1 is 1.20 bits per heavy atom. The number of rotatable bonds is 2. The lowest BCUT2D eigenvalue weighted by Gasteiger charge is -2.07. The van der Waals surface area contributed by atoms with E-state index in [0.29, 0.717) is 13.0 Å². The monoisotopic (exact) mass is 338 g/mol. The number of benzene rings is 2. The van der Waals surface area contributed by atoms with E-state index in [1.807, 2.05) is 0 Å². The van der Waals surface area contributed by atoms with Gasteiger partial charge in [-0.3, -0.25) is 4.79 Å². The number of ketones is 1. The number of hydrogen-bond acceptors (Lipinski definition) is 2. The van der Waals surface area contributed by atoms with Gasteiger partial charge in [0.15, 0.2) is 11.6 Å². The van der Waals surface area contributed by atoms with Crippen molar-refractivity contribution in [1.82, 2.24) is 0 Å². The highest BCUT2D eigenvalue weighted by atomic mass is 79.9. The van der Waals surface area contributed by atoms with Gasteiger partial charge in [-0.05, 0) is 51.8 Å². The number of halogens is 3. The van der Waals surface area contributed by atoms with Crippen LogP contribution in [0.15, 0.2) is 34.8 Å². The van der Waals surface area contributed by atoms with Crippen LogP contribution in [0.1, 0.15) is 21.5 Å². The molecule has 2 aromatic carbocycles. The van der Waals surface area contributed by atoms with Crippen LogP contribution in [0.25, 0.3) is 0 Å². The first-order chi connectivity index (χ1) is 9.58. The Morgan fingerprint density at radius 2 is 2.00 bits per heavy atom. The van der Waals surface area contributed by atoms with Gasteiger partial charge in [0.25, 0.3) is 0 Å².